The zero-order chi connectivity index (χ0) is 17.8. The Morgan fingerprint density at radius 1 is 1.08 bits per heavy atom. The highest BCUT2D eigenvalue weighted by Crippen LogP contribution is 2.28. The third-order valence-corrected chi connectivity index (χ3v) is 5.91. The second-order valence-corrected chi connectivity index (χ2v) is 8.32. The molecule has 136 valence electrons. The lowest BCUT2D eigenvalue weighted by Gasteiger charge is -2.33. The van der Waals surface area contributed by atoms with Gasteiger partial charge in [-0.2, -0.15) is 0 Å². The number of benzene rings is 1. The lowest BCUT2D eigenvalue weighted by atomic mass is 9.88. The number of hydrogen-bond donors (Lipinski definition) is 0. The van der Waals surface area contributed by atoms with E-state index in [-0.39, 0.29) is 23.9 Å². The summed E-state index contributed by atoms with van der Waals surface area (Å²) in [6.07, 6.45) is 5.87. The van der Waals surface area contributed by atoms with E-state index in [0.717, 1.165) is 23.7 Å². The van der Waals surface area contributed by atoms with Crippen molar-refractivity contribution >= 4 is 27.8 Å². The molecule has 2 aliphatic rings. The van der Waals surface area contributed by atoms with Crippen molar-refractivity contribution in [3.05, 3.63) is 34.3 Å². The minimum atomic E-state index is -0.0637. The fourth-order valence-corrected chi connectivity index (χ4v) is 4.10. The highest BCUT2D eigenvalue weighted by atomic mass is 79.9. The average Bonchev–Trinajstić information content (AvgIpc) is 2.62. The summed E-state index contributed by atoms with van der Waals surface area (Å²) in [5, 5.41) is 0. The molecule has 1 aromatic rings. The van der Waals surface area contributed by atoms with Gasteiger partial charge in [0.15, 0.2) is 0 Å². The van der Waals surface area contributed by atoms with E-state index in [1.165, 1.54) is 6.42 Å². The van der Waals surface area contributed by atoms with Crippen LogP contribution in [0.5, 0.6) is 0 Å². The molecule has 1 amide bonds. The van der Waals surface area contributed by atoms with Gasteiger partial charge in [-0.15, -0.1) is 0 Å². The first-order valence-corrected chi connectivity index (χ1v) is 10.1. The number of likely N-dealkylation sites (tertiary alicyclic amines) is 1. The van der Waals surface area contributed by atoms with Gasteiger partial charge in [0.25, 0.3) is 5.91 Å². The van der Waals surface area contributed by atoms with E-state index in [9.17, 15) is 9.59 Å². The minimum absolute atomic E-state index is 0.0421. The average molecular weight is 408 g/mol. The number of nitrogens with zero attached hydrogens (tertiary/aromatic N) is 1. The van der Waals surface area contributed by atoms with Gasteiger partial charge in [-0.25, -0.2) is 0 Å². The molecule has 25 heavy (non-hydrogen) atoms. The molecule has 1 aliphatic heterocycles. The number of carbonyl (C=O) groups excluding carboxylic acids is 2. The van der Waals surface area contributed by atoms with Crippen LogP contribution in [0.2, 0.25) is 0 Å². The summed E-state index contributed by atoms with van der Waals surface area (Å²) in [6.45, 7) is 3.47. The van der Waals surface area contributed by atoms with Crippen LogP contribution in [0.1, 0.15) is 55.8 Å². The van der Waals surface area contributed by atoms with Crippen molar-refractivity contribution in [3.63, 3.8) is 0 Å². The van der Waals surface area contributed by atoms with Crippen LogP contribution in [-0.2, 0) is 9.53 Å². The molecule has 1 aliphatic carbocycles. The van der Waals surface area contributed by atoms with Crippen LogP contribution in [-0.4, -0.2) is 36.0 Å². The van der Waals surface area contributed by atoms with Gasteiger partial charge < -0.3 is 9.64 Å². The third-order valence-electron chi connectivity index (χ3n) is 5.38. The van der Waals surface area contributed by atoms with Gasteiger partial charge in [0.05, 0.1) is 5.92 Å². The summed E-state index contributed by atoms with van der Waals surface area (Å²) in [4.78, 5) is 26.8. The molecule has 5 heteroatoms. The molecule has 0 N–H and O–H groups in total. The molecule has 0 spiro atoms. The van der Waals surface area contributed by atoms with E-state index in [4.69, 9.17) is 4.74 Å². The maximum atomic E-state index is 12.5. The van der Waals surface area contributed by atoms with Gasteiger partial charge in [-0.1, -0.05) is 29.3 Å². The largest absolute Gasteiger partial charge is 0.462 e. The normalized spacial score (nSPS) is 24.8. The fraction of sp³-hybridized carbons (Fsp3) is 0.600. The summed E-state index contributed by atoms with van der Waals surface area (Å²) in [5.74, 6) is 0.568. The molecular formula is C20H26BrNO3. The first kappa shape index (κ1) is 18.4. The predicted molar refractivity (Wildman–Crippen MR) is 100 cm³/mol. The summed E-state index contributed by atoms with van der Waals surface area (Å²) in [5.41, 5.74) is 0.695. The van der Waals surface area contributed by atoms with Crippen molar-refractivity contribution < 1.29 is 14.3 Å². The van der Waals surface area contributed by atoms with Crippen LogP contribution in [0.25, 0.3) is 0 Å². The number of piperidine rings is 1. The van der Waals surface area contributed by atoms with Gasteiger partial charge in [0.1, 0.15) is 6.10 Å². The first-order chi connectivity index (χ1) is 12.0. The number of ether oxygens (including phenoxy) is 1. The van der Waals surface area contributed by atoms with Gasteiger partial charge in [0, 0.05) is 23.1 Å². The van der Waals surface area contributed by atoms with Crippen LogP contribution in [0.3, 0.4) is 0 Å². The van der Waals surface area contributed by atoms with Crippen molar-refractivity contribution in [3.8, 4) is 0 Å². The molecule has 2 fully saturated rings. The third kappa shape index (κ3) is 4.84. The molecule has 1 saturated heterocycles. The summed E-state index contributed by atoms with van der Waals surface area (Å²) >= 11 is 3.38. The molecule has 1 heterocycles. The Kier molecular flexibility index (Phi) is 6.15. The summed E-state index contributed by atoms with van der Waals surface area (Å²) in [7, 11) is 0. The number of hydrogen-bond acceptors (Lipinski definition) is 3. The molecule has 4 nitrogen and oxygen atoms in total. The first-order valence-electron chi connectivity index (χ1n) is 9.28. The molecule has 1 saturated carbocycles. The zero-order valence-corrected chi connectivity index (χ0v) is 16.3. The Labute approximate surface area is 158 Å². The van der Waals surface area contributed by atoms with Crippen molar-refractivity contribution in [2.75, 3.05) is 13.1 Å². The fourth-order valence-electron chi connectivity index (χ4n) is 3.84. The molecule has 3 rings (SSSR count). The van der Waals surface area contributed by atoms with Gasteiger partial charge in [-0.05, 0) is 62.3 Å². The monoisotopic (exact) mass is 407 g/mol. The Hall–Kier alpha value is -1.36. The molecule has 2 atom stereocenters. The lowest BCUT2D eigenvalue weighted by Crippen LogP contribution is -2.41. The Morgan fingerprint density at radius 3 is 2.40 bits per heavy atom. The van der Waals surface area contributed by atoms with Crippen molar-refractivity contribution in [2.45, 2.75) is 51.6 Å². The predicted octanol–water partition coefficient (Wildman–Crippen LogP) is 4.42. The van der Waals surface area contributed by atoms with E-state index >= 15 is 0 Å². The van der Waals surface area contributed by atoms with Crippen molar-refractivity contribution in [1.29, 1.82) is 0 Å². The molecule has 0 radical (unpaired) electrons. The van der Waals surface area contributed by atoms with Crippen LogP contribution in [0.4, 0.5) is 0 Å². The van der Waals surface area contributed by atoms with Crippen molar-refractivity contribution in [1.82, 2.24) is 4.90 Å². The van der Waals surface area contributed by atoms with Crippen LogP contribution in [0, 0.1) is 11.8 Å². The number of esters is 1. The van der Waals surface area contributed by atoms with E-state index in [1.807, 2.05) is 29.2 Å². The summed E-state index contributed by atoms with van der Waals surface area (Å²) in [6, 6.07) is 7.42. The smallest absolute Gasteiger partial charge is 0.309 e. The second kappa shape index (κ2) is 8.35. The molecule has 1 aromatic carbocycles. The van der Waals surface area contributed by atoms with Gasteiger partial charge in [-0.3, -0.25) is 9.59 Å². The van der Waals surface area contributed by atoms with E-state index in [1.54, 1.807) is 0 Å². The highest BCUT2D eigenvalue weighted by molar-refractivity contribution is 9.10. The Balaban J connectivity index is 1.48. The van der Waals surface area contributed by atoms with Crippen molar-refractivity contribution in [2.24, 2.45) is 11.8 Å². The molecule has 2 unspecified atom stereocenters. The van der Waals surface area contributed by atoms with Gasteiger partial charge in [0.2, 0.25) is 0 Å². The second-order valence-electron chi connectivity index (χ2n) is 7.40. The molecule has 0 aromatic heterocycles. The quantitative estimate of drug-likeness (QED) is 0.696. The Morgan fingerprint density at radius 2 is 1.76 bits per heavy atom. The summed E-state index contributed by atoms with van der Waals surface area (Å²) < 4.78 is 6.71. The van der Waals surface area contributed by atoms with E-state index in [0.29, 0.717) is 37.4 Å². The number of carbonyl (C=O) groups is 2. The topological polar surface area (TPSA) is 46.6 Å². The standard InChI is InChI=1S/C20H26BrNO3/c1-14-3-2-4-18(13-14)25-20(24)16-9-11-22(12-10-16)19(23)15-5-7-17(21)8-6-15/h5-8,14,16,18H,2-4,9-13H2,1H3. The highest BCUT2D eigenvalue weighted by Gasteiger charge is 2.31. The van der Waals surface area contributed by atoms with E-state index in [2.05, 4.69) is 22.9 Å². The SMILES string of the molecule is CC1CCCC(OC(=O)C2CCN(C(=O)c3ccc(Br)cc3)CC2)C1. The number of rotatable bonds is 3. The Bertz CT molecular complexity index is 608. The maximum absolute atomic E-state index is 12.5. The number of amides is 1. The van der Waals surface area contributed by atoms with Gasteiger partial charge >= 0.3 is 5.97 Å². The minimum Gasteiger partial charge on any atom is -0.462 e. The maximum Gasteiger partial charge on any atom is 0.309 e. The number of halogens is 1. The molecule has 0 bridgehead atoms. The zero-order valence-electron chi connectivity index (χ0n) is 14.7. The lowest BCUT2D eigenvalue weighted by molar-refractivity contribution is -0.157. The van der Waals surface area contributed by atoms with Crippen LogP contribution in [0.15, 0.2) is 28.7 Å². The van der Waals surface area contributed by atoms with Crippen LogP contribution >= 0.6 is 15.9 Å². The van der Waals surface area contributed by atoms with Crippen LogP contribution < -0.4 is 0 Å². The van der Waals surface area contributed by atoms with E-state index < -0.39 is 0 Å². The molecular weight excluding hydrogens is 382 g/mol.